The molecule has 90 valence electrons. The zero-order valence-electron chi connectivity index (χ0n) is 10.2. The van der Waals surface area contributed by atoms with Crippen molar-refractivity contribution >= 4 is 0 Å². The minimum absolute atomic E-state index is 0.448. The average molecular weight is 238 g/mol. The van der Waals surface area contributed by atoms with Gasteiger partial charge >= 0.3 is 0 Å². The molecule has 0 aliphatic rings. The molecule has 0 aliphatic heterocycles. The van der Waals surface area contributed by atoms with Gasteiger partial charge in [-0.3, -0.25) is 4.98 Å². The van der Waals surface area contributed by atoms with E-state index in [9.17, 15) is 0 Å². The summed E-state index contributed by atoms with van der Waals surface area (Å²) in [7, 11) is 0. The van der Waals surface area contributed by atoms with Crippen LogP contribution in [0.15, 0.2) is 36.7 Å². The third kappa shape index (κ3) is 3.12. The fraction of sp³-hybridized carbons (Fsp3) is 0.214. The van der Waals surface area contributed by atoms with Crippen LogP contribution in [0.5, 0.6) is 0 Å². The molecule has 0 bridgehead atoms. The Bertz CT molecular complexity index is 572. The number of pyridine rings is 2. The summed E-state index contributed by atoms with van der Waals surface area (Å²) in [6.07, 6.45) is 3.45. The molecule has 0 radical (unpaired) electrons. The number of nitrogens with one attached hydrogen (secondary N) is 1. The zero-order valence-corrected chi connectivity index (χ0v) is 10.2. The minimum atomic E-state index is 0.448. The van der Waals surface area contributed by atoms with E-state index in [1.165, 1.54) is 5.56 Å². The summed E-state index contributed by atoms with van der Waals surface area (Å²) < 4.78 is 0. The number of aromatic nitrogens is 2. The monoisotopic (exact) mass is 238 g/mol. The van der Waals surface area contributed by atoms with Crippen molar-refractivity contribution in [2.45, 2.75) is 20.0 Å². The summed E-state index contributed by atoms with van der Waals surface area (Å²) in [5.74, 6) is 0. The van der Waals surface area contributed by atoms with Crippen molar-refractivity contribution in [2.24, 2.45) is 0 Å². The third-order valence-electron chi connectivity index (χ3n) is 2.68. The van der Waals surface area contributed by atoms with E-state index in [-0.39, 0.29) is 0 Å². The number of hydrogen-bond donors (Lipinski definition) is 1. The van der Waals surface area contributed by atoms with Gasteiger partial charge in [0.25, 0.3) is 0 Å². The van der Waals surface area contributed by atoms with Gasteiger partial charge in [-0.1, -0.05) is 6.07 Å². The topological polar surface area (TPSA) is 61.6 Å². The van der Waals surface area contributed by atoms with E-state index in [4.69, 9.17) is 5.26 Å². The summed E-state index contributed by atoms with van der Waals surface area (Å²) in [4.78, 5) is 8.25. The van der Waals surface area contributed by atoms with Crippen LogP contribution < -0.4 is 5.32 Å². The minimum Gasteiger partial charge on any atom is -0.307 e. The maximum atomic E-state index is 8.76. The van der Waals surface area contributed by atoms with Gasteiger partial charge < -0.3 is 5.32 Å². The second kappa shape index (κ2) is 5.89. The molecule has 4 nitrogen and oxygen atoms in total. The van der Waals surface area contributed by atoms with Gasteiger partial charge in [0.05, 0.1) is 5.69 Å². The Hall–Kier alpha value is -2.25. The first kappa shape index (κ1) is 12.2. The highest BCUT2D eigenvalue weighted by Crippen LogP contribution is 2.04. The van der Waals surface area contributed by atoms with Crippen molar-refractivity contribution in [1.82, 2.24) is 15.3 Å². The Kier molecular flexibility index (Phi) is 4.00. The summed E-state index contributed by atoms with van der Waals surface area (Å²) in [5.41, 5.74) is 3.72. The van der Waals surface area contributed by atoms with Crippen LogP contribution in [0.25, 0.3) is 0 Å². The first-order chi connectivity index (χ1) is 8.79. The van der Waals surface area contributed by atoms with Crippen LogP contribution in [0.2, 0.25) is 0 Å². The molecule has 1 N–H and O–H groups in total. The van der Waals surface area contributed by atoms with Gasteiger partial charge in [0, 0.05) is 25.5 Å². The molecule has 0 aromatic carbocycles. The number of aryl methyl sites for hydroxylation is 1. The lowest BCUT2D eigenvalue weighted by molar-refractivity contribution is 0.675. The van der Waals surface area contributed by atoms with Crippen molar-refractivity contribution in [3.63, 3.8) is 0 Å². The van der Waals surface area contributed by atoms with Gasteiger partial charge in [-0.25, -0.2) is 4.98 Å². The fourth-order valence-corrected chi connectivity index (χ4v) is 1.67. The molecule has 0 spiro atoms. The van der Waals surface area contributed by atoms with E-state index in [0.717, 1.165) is 17.8 Å². The fourth-order valence-electron chi connectivity index (χ4n) is 1.67. The quantitative estimate of drug-likeness (QED) is 0.884. The van der Waals surface area contributed by atoms with E-state index in [0.29, 0.717) is 12.2 Å². The van der Waals surface area contributed by atoms with Crippen molar-refractivity contribution in [2.75, 3.05) is 0 Å². The molecule has 0 aliphatic carbocycles. The first-order valence-corrected chi connectivity index (χ1v) is 5.76. The van der Waals surface area contributed by atoms with Crippen molar-refractivity contribution in [3.05, 3.63) is 59.2 Å². The van der Waals surface area contributed by atoms with Crippen LogP contribution >= 0.6 is 0 Å². The van der Waals surface area contributed by atoms with Gasteiger partial charge in [0.2, 0.25) is 0 Å². The maximum Gasteiger partial charge on any atom is 0.140 e. The maximum absolute atomic E-state index is 8.76. The highest BCUT2D eigenvalue weighted by Gasteiger charge is 1.99. The van der Waals surface area contributed by atoms with Crippen LogP contribution in [0.1, 0.15) is 22.5 Å². The van der Waals surface area contributed by atoms with Crippen LogP contribution in [0.3, 0.4) is 0 Å². The van der Waals surface area contributed by atoms with Crippen molar-refractivity contribution in [3.8, 4) is 6.07 Å². The number of hydrogen-bond acceptors (Lipinski definition) is 4. The average Bonchev–Trinajstić information content (AvgIpc) is 2.41. The molecular formula is C14H14N4. The van der Waals surface area contributed by atoms with Gasteiger partial charge in [0.15, 0.2) is 0 Å². The molecule has 2 aromatic rings. The van der Waals surface area contributed by atoms with Crippen LogP contribution in [-0.4, -0.2) is 9.97 Å². The number of nitrogens with zero attached hydrogens (tertiary/aromatic N) is 3. The van der Waals surface area contributed by atoms with E-state index >= 15 is 0 Å². The Morgan fingerprint density at radius 1 is 1.22 bits per heavy atom. The summed E-state index contributed by atoms with van der Waals surface area (Å²) >= 11 is 0. The lowest BCUT2D eigenvalue weighted by Gasteiger charge is -2.06. The second-order valence-corrected chi connectivity index (χ2v) is 4.03. The SMILES string of the molecule is Cc1cccnc1CNCc1ccnc(C#N)c1. The summed E-state index contributed by atoms with van der Waals surface area (Å²) in [5, 5.41) is 12.1. The Balaban J connectivity index is 1.93. The van der Waals surface area contributed by atoms with E-state index in [2.05, 4.69) is 15.3 Å². The lowest BCUT2D eigenvalue weighted by atomic mass is 10.2. The molecule has 0 saturated heterocycles. The van der Waals surface area contributed by atoms with E-state index in [1.54, 1.807) is 18.5 Å². The predicted octanol–water partition coefficient (Wildman–Crippen LogP) is 1.95. The number of nitriles is 1. The summed E-state index contributed by atoms with van der Waals surface area (Å²) in [6, 6.07) is 9.70. The molecule has 18 heavy (non-hydrogen) atoms. The van der Waals surface area contributed by atoms with Crippen LogP contribution in [0.4, 0.5) is 0 Å². The highest BCUT2D eigenvalue weighted by atomic mass is 14.9. The predicted molar refractivity (Wildman–Crippen MR) is 68.5 cm³/mol. The smallest absolute Gasteiger partial charge is 0.140 e. The van der Waals surface area contributed by atoms with E-state index < -0.39 is 0 Å². The van der Waals surface area contributed by atoms with E-state index in [1.807, 2.05) is 31.2 Å². The molecule has 0 fully saturated rings. The molecule has 2 aromatic heterocycles. The molecular weight excluding hydrogens is 224 g/mol. The zero-order chi connectivity index (χ0) is 12.8. The van der Waals surface area contributed by atoms with Gasteiger partial charge in [0.1, 0.15) is 11.8 Å². The van der Waals surface area contributed by atoms with Gasteiger partial charge in [-0.2, -0.15) is 5.26 Å². The Morgan fingerprint density at radius 3 is 2.89 bits per heavy atom. The first-order valence-electron chi connectivity index (χ1n) is 5.76. The van der Waals surface area contributed by atoms with Gasteiger partial charge in [-0.15, -0.1) is 0 Å². The standard InChI is InChI=1S/C14H14N4/c1-11-3-2-5-18-14(11)10-16-9-12-4-6-17-13(7-12)8-15/h2-7,16H,9-10H2,1H3. The summed E-state index contributed by atoms with van der Waals surface area (Å²) in [6.45, 7) is 3.47. The Labute approximate surface area is 106 Å². The second-order valence-electron chi connectivity index (χ2n) is 4.03. The molecule has 0 atom stereocenters. The van der Waals surface area contributed by atoms with Gasteiger partial charge in [-0.05, 0) is 36.2 Å². The lowest BCUT2D eigenvalue weighted by Crippen LogP contribution is -2.14. The third-order valence-corrected chi connectivity index (χ3v) is 2.68. The number of rotatable bonds is 4. The molecule has 4 heteroatoms. The van der Waals surface area contributed by atoms with Crippen molar-refractivity contribution < 1.29 is 0 Å². The van der Waals surface area contributed by atoms with Crippen LogP contribution in [0, 0.1) is 18.3 Å². The van der Waals surface area contributed by atoms with Crippen LogP contribution in [-0.2, 0) is 13.1 Å². The normalized spacial score (nSPS) is 10.0. The highest BCUT2D eigenvalue weighted by molar-refractivity contribution is 5.25. The largest absolute Gasteiger partial charge is 0.307 e. The molecule has 0 saturated carbocycles. The molecule has 2 rings (SSSR count). The molecule has 2 heterocycles. The molecule has 0 amide bonds. The Morgan fingerprint density at radius 2 is 2.11 bits per heavy atom. The molecule has 0 unspecified atom stereocenters. The van der Waals surface area contributed by atoms with Crippen molar-refractivity contribution in [1.29, 1.82) is 5.26 Å².